The third kappa shape index (κ3) is 4.52. The van der Waals surface area contributed by atoms with E-state index in [-0.39, 0.29) is 30.8 Å². The summed E-state index contributed by atoms with van der Waals surface area (Å²) in [5.74, 6) is 0.196. The van der Waals surface area contributed by atoms with Crippen LogP contribution in [0.4, 0.5) is 6.01 Å². The van der Waals surface area contributed by atoms with Gasteiger partial charge in [-0.2, -0.15) is 0 Å². The Morgan fingerprint density at radius 1 is 1.21 bits per heavy atom. The lowest BCUT2D eigenvalue weighted by Crippen LogP contribution is -2.52. The number of hydrogen-bond donors (Lipinski definition) is 2. The van der Waals surface area contributed by atoms with Crippen LogP contribution >= 0.6 is 11.6 Å². The SMILES string of the molecule is CCCc1cc(-c2nnc(NC3(c4cc(Cl)c5c(c4)C(=O)N(C4CCC(=O)NC4=O)C5)CC3)o2)ccc1OC. The summed E-state index contributed by atoms with van der Waals surface area (Å²) in [5, 5.41) is 14.6. The summed E-state index contributed by atoms with van der Waals surface area (Å²) in [4.78, 5) is 38.8. The second kappa shape index (κ2) is 9.68. The van der Waals surface area contributed by atoms with Crippen LogP contribution in [0.25, 0.3) is 11.5 Å². The molecule has 2 fully saturated rings. The standard InChI is InChI=1S/C28H28ClN5O5/c1-3-4-15-11-16(5-7-22(15)38-2)25-32-33-27(39-25)31-28(9-10-28)17-12-18-19(20(29)13-17)14-34(26(18)37)21-6-8-23(35)30-24(21)36/h5,7,11-13,21H,3-4,6,8-10,14H2,1-2H3,(H,31,33)(H,30,35,36). The normalized spacial score (nSPS) is 19.6. The Kier molecular flexibility index (Phi) is 6.29. The number of methoxy groups -OCH3 is 1. The second-order valence-electron chi connectivity index (χ2n) is 10.3. The van der Waals surface area contributed by atoms with E-state index in [1.165, 1.54) is 4.90 Å². The van der Waals surface area contributed by atoms with Crippen molar-refractivity contribution in [3.05, 3.63) is 57.6 Å². The lowest BCUT2D eigenvalue weighted by atomic mass is 9.99. The van der Waals surface area contributed by atoms with Crippen LogP contribution in [0.15, 0.2) is 34.7 Å². The first-order valence-corrected chi connectivity index (χ1v) is 13.5. The molecule has 3 heterocycles. The van der Waals surface area contributed by atoms with Crippen LogP contribution in [0.5, 0.6) is 5.75 Å². The number of aromatic nitrogens is 2. The maximum absolute atomic E-state index is 13.3. The molecule has 0 bridgehead atoms. The molecule has 39 heavy (non-hydrogen) atoms. The Bertz CT molecular complexity index is 1500. The summed E-state index contributed by atoms with van der Waals surface area (Å²) >= 11 is 6.67. The molecule has 2 aromatic carbocycles. The molecule has 11 heteroatoms. The van der Waals surface area contributed by atoms with E-state index in [2.05, 4.69) is 27.8 Å². The Balaban J connectivity index is 1.23. The van der Waals surface area contributed by atoms with E-state index in [9.17, 15) is 14.4 Å². The monoisotopic (exact) mass is 549 g/mol. The zero-order valence-electron chi connectivity index (χ0n) is 21.7. The number of hydrogen-bond acceptors (Lipinski definition) is 8. The van der Waals surface area contributed by atoms with Gasteiger partial charge in [0.2, 0.25) is 17.7 Å². The average Bonchev–Trinajstić information content (AvgIpc) is 3.42. The molecule has 2 N–H and O–H groups in total. The minimum absolute atomic E-state index is 0.200. The van der Waals surface area contributed by atoms with Gasteiger partial charge in [-0.15, -0.1) is 5.10 Å². The van der Waals surface area contributed by atoms with Crippen molar-refractivity contribution in [3.63, 3.8) is 0 Å². The summed E-state index contributed by atoms with van der Waals surface area (Å²) in [6.45, 7) is 2.34. The van der Waals surface area contributed by atoms with Gasteiger partial charge in [0, 0.05) is 34.7 Å². The number of aryl methyl sites for hydroxylation is 1. The molecule has 3 aliphatic rings. The first-order chi connectivity index (χ1) is 18.8. The second-order valence-corrected chi connectivity index (χ2v) is 10.7. The predicted molar refractivity (Wildman–Crippen MR) is 142 cm³/mol. The van der Waals surface area contributed by atoms with Gasteiger partial charge in [-0.1, -0.05) is 30.0 Å². The van der Waals surface area contributed by atoms with Gasteiger partial charge < -0.3 is 19.4 Å². The fourth-order valence-corrected chi connectivity index (χ4v) is 5.75. The number of carbonyl (C=O) groups excluding carboxylic acids is 3. The highest BCUT2D eigenvalue weighted by Gasteiger charge is 2.48. The van der Waals surface area contributed by atoms with Crippen LogP contribution in [0.2, 0.25) is 5.02 Å². The summed E-state index contributed by atoms with van der Waals surface area (Å²) in [6, 6.07) is 9.09. The summed E-state index contributed by atoms with van der Waals surface area (Å²) in [7, 11) is 1.66. The topological polar surface area (TPSA) is 127 Å². The zero-order valence-corrected chi connectivity index (χ0v) is 22.4. The van der Waals surface area contributed by atoms with Gasteiger partial charge in [-0.25, -0.2) is 0 Å². The van der Waals surface area contributed by atoms with Crippen LogP contribution in [-0.4, -0.2) is 46.0 Å². The quantitative estimate of drug-likeness (QED) is 0.400. The number of anilines is 1. The number of rotatable bonds is 8. The fourth-order valence-electron chi connectivity index (χ4n) is 5.47. The van der Waals surface area contributed by atoms with Crippen LogP contribution in [0.3, 0.4) is 0 Å². The molecule has 1 aromatic heterocycles. The number of benzene rings is 2. The number of piperidine rings is 1. The summed E-state index contributed by atoms with van der Waals surface area (Å²) < 4.78 is 11.4. The van der Waals surface area contributed by atoms with Gasteiger partial charge in [-0.3, -0.25) is 19.7 Å². The molecule has 3 amide bonds. The maximum atomic E-state index is 13.3. The van der Waals surface area contributed by atoms with Crippen LogP contribution in [0.1, 0.15) is 66.1 Å². The number of nitrogens with one attached hydrogen (secondary N) is 2. The molecule has 202 valence electrons. The number of ether oxygens (including phenoxy) is 1. The van der Waals surface area contributed by atoms with Crippen molar-refractivity contribution in [2.45, 2.75) is 63.6 Å². The molecule has 1 saturated carbocycles. The molecule has 10 nitrogen and oxygen atoms in total. The Hall–Kier alpha value is -3.92. The Labute approximate surface area is 230 Å². The van der Waals surface area contributed by atoms with Gasteiger partial charge in [-0.05, 0) is 67.1 Å². The number of imide groups is 1. The minimum Gasteiger partial charge on any atom is -0.496 e. The van der Waals surface area contributed by atoms with Crippen LogP contribution in [-0.2, 0) is 28.1 Å². The smallest absolute Gasteiger partial charge is 0.316 e. The van der Waals surface area contributed by atoms with Crippen molar-refractivity contribution in [1.29, 1.82) is 0 Å². The van der Waals surface area contributed by atoms with E-state index in [0.717, 1.165) is 48.1 Å². The molecule has 2 aliphatic heterocycles. The van der Waals surface area contributed by atoms with Gasteiger partial charge in [0.15, 0.2) is 0 Å². The van der Waals surface area contributed by atoms with Gasteiger partial charge in [0.05, 0.1) is 12.6 Å². The highest BCUT2D eigenvalue weighted by Crippen LogP contribution is 2.50. The molecule has 0 radical (unpaired) electrons. The van der Waals surface area contributed by atoms with Crippen molar-refractivity contribution in [1.82, 2.24) is 20.4 Å². The van der Waals surface area contributed by atoms with Gasteiger partial charge in [0.1, 0.15) is 11.8 Å². The van der Waals surface area contributed by atoms with E-state index in [1.54, 1.807) is 7.11 Å². The van der Waals surface area contributed by atoms with Crippen molar-refractivity contribution < 1.29 is 23.5 Å². The molecule has 1 unspecified atom stereocenters. The van der Waals surface area contributed by atoms with E-state index < -0.39 is 17.5 Å². The molecule has 3 aromatic rings. The fraction of sp³-hybridized carbons (Fsp3) is 0.393. The number of nitrogens with zero attached hydrogens (tertiary/aromatic N) is 3. The van der Waals surface area contributed by atoms with Crippen molar-refractivity contribution >= 4 is 35.3 Å². The van der Waals surface area contributed by atoms with Crippen molar-refractivity contribution in [2.24, 2.45) is 0 Å². The third-order valence-corrected chi connectivity index (χ3v) is 8.06. The third-order valence-electron chi connectivity index (χ3n) is 7.72. The number of amides is 3. The van der Waals surface area contributed by atoms with E-state index in [1.807, 2.05) is 30.3 Å². The largest absolute Gasteiger partial charge is 0.496 e. The molecule has 1 saturated heterocycles. The van der Waals surface area contributed by atoms with Crippen molar-refractivity contribution in [3.8, 4) is 17.2 Å². The van der Waals surface area contributed by atoms with Gasteiger partial charge in [0.25, 0.3) is 5.91 Å². The summed E-state index contributed by atoms with van der Waals surface area (Å²) in [6.07, 6.45) is 3.95. The number of carbonyl (C=O) groups is 3. The Morgan fingerprint density at radius 2 is 2.03 bits per heavy atom. The molecule has 1 aliphatic carbocycles. The number of fused-ring (bicyclic) bond motifs is 1. The highest BCUT2D eigenvalue weighted by atomic mass is 35.5. The Morgan fingerprint density at radius 3 is 2.74 bits per heavy atom. The highest BCUT2D eigenvalue weighted by molar-refractivity contribution is 6.32. The van der Waals surface area contributed by atoms with E-state index >= 15 is 0 Å². The first kappa shape index (κ1) is 25.4. The van der Waals surface area contributed by atoms with E-state index in [0.29, 0.717) is 28.5 Å². The first-order valence-electron chi connectivity index (χ1n) is 13.1. The molecular weight excluding hydrogens is 522 g/mol. The van der Waals surface area contributed by atoms with E-state index in [4.69, 9.17) is 20.8 Å². The van der Waals surface area contributed by atoms with Crippen molar-refractivity contribution in [2.75, 3.05) is 12.4 Å². The lowest BCUT2D eigenvalue weighted by molar-refractivity contribution is -0.136. The molecular formula is C28H28ClN5O5. The predicted octanol–water partition coefficient (Wildman–Crippen LogP) is 4.21. The van der Waals surface area contributed by atoms with Gasteiger partial charge >= 0.3 is 6.01 Å². The maximum Gasteiger partial charge on any atom is 0.316 e. The van der Waals surface area contributed by atoms with Crippen LogP contribution in [0, 0.1) is 0 Å². The zero-order chi connectivity index (χ0) is 27.3. The number of halogens is 1. The average molecular weight is 550 g/mol. The molecule has 0 spiro atoms. The minimum atomic E-state index is -0.692. The molecule has 1 atom stereocenters. The summed E-state index contributed by atoms with van der Waals surface area (Å²) in [5.41, 5.74) is 3.41. The van der Waals surface area contributed by atoms with Crippen LogP contribution < -0.4 is 15.4 Å². The lowest BCUT2D eigenvalue weighted by Gasteiger charge is -2.29. The molecule has 6 rings (SSSR count).